The molecule has 6 nitrogen and oxygen atoms in total. The summed E-state index contributed by atoms with van der Waals surface area (Å²) in [4.78, 5) is 35.8. The first-order valence-corrected chi connectivity index (χ1v) is 8.69. The third kappa shape index (κ3) is 4.16. The first kappa shape index (κ1) is 18.6. The molecule has 1 N–H and O–H groups in total. The zero-order chi connectivity index (χ0) is 19.6. The normalized spacial score (nSPS) is 15.1. The van der Waals surface area contributed by atoms with Gasteiger partial charge in [0.1, 0.15) is 5.75 Å². The monoisotopic (exact) mass is 367 g/mol. The minimum absolute atomic E-state index is 0.0930. The molecule has 0 fully saturated rings. The number of esters is 1. The molecule has 0 radical (unpaired) electrons. The van der Waals surface area contributed by atoms with Crippen molar-refractivity contribution in [2.45, 2.75) is 26.7 Å². The number of amides is 1. The van der Waals surface area contributed by atoms with Gasteiger partial charge in [-0.25, -0.2) is 4.79 Å². The molecular weight excluding hydrogens is 346 g/mol. The number of carbonyl (C=O) groups is 3. The molecule has 27 heavy (non-hydrogen) atoms. The van der Waals surface area contributed by atoms with Gasteiger partial charge in [-0.05, 0) is 67.8 Å². The van der Waals surface area contributed by atoms with E-state index < -0.39 is 5.97 Å². The molecule has 0 unspecified atom stereocenters. The number of carbonyl (C=O) groups excluding carboxylic acids is 3. The number of rotatable bonds is 6. The van der Waals surface area contributed by atoms with Crippen LogP contribution in [-0.4, -0.2) is 30.9 Å². The molecule has 0 saturated heterocycles. The summed E-state index contributed by atoms with van der Waals surface area (Å²) in [6, 6.07) is 10.5. The third-order valence-corrected chi connectivity index (χ3v) is 4.69. The molecule has 1 atom stereocenters. The topological polar surface area (TPSA) is 81.7 Å². The third-order valence-electron chi connectivity index (χ3n) is 4.69. The number of ketones is 1. The summed E-state index contributed by atoms with van der Waals surface area (Å²) in [7, 11) is 0. The Labute approximate surface area is 157 Å². The molecule has 1 heterocycles. The highest BCUT2D eigenvalue weighted by Crippen LogP contribution is 2.32. The van der Waals surface area contributed by atoms with Gasteiger partial charge >= 0.3 is 5.97 Å². The van der Waals surface area contributed by atoms with E-state index in [-0.39, 0.29) is 30.8 Å². The number of nitrogens with one attached hydrogen (secondary N) is 1. The largest absolute Gasteiger partial charge is 0.482 e. The van der Waals surface area contributed by atoms with Gasteiger partial charge in [0.25, 0.3) is 0 Å². The minimum Gasteiger partial charge on any atom is -0.482 e. The Hall–Kier alpha value is -3.15. The lowest BCUT2D eigenvalue weighted by atomic mass is 9.99. The van der Waals surface area contributed by atoms with E-state index in [9.17, 15) is 14.4 Å². The van der Waals surface area contributed by atoms with Crippen LogP contribution in [0.2, 0.25) is 0 Å². The maximum Gasteiger partial charge on any atom is 0.344 e. The Kier molecular flexibility index (Phi) is 5.26. The quantitative estimate of drug-likeness (QED) is 0.626. The molecule has 1 aliphatic rings. The Morgan fingerprint density at radius 2 is 1.81 bits per heavy atom. The van der Waals surface area contributed by atoms with E-state index in [2.05, 4.69) is 5.32 Å². The van der Waals surface area contributed by atoms with E-state index in [1.54, 1.807) is 31.2 Å². The lowest BCUT2D eigenvalue weighted by molar-refractivity contribution is -0.144. The number of ether oxygens (including phenoxy) is 2. The molecule has 0 saturated carbocycles. The van der Waals surface area contributed by atoms with Crippen molar-refractivity contribution < 1.29 is 23.9 Å². The molecule has 2 aromatic rings. The second-order valence-electron chi connectivity index (χ2n) is 6.63. The fourth-order valence-corrected chi connectivity index (χ4v) is 2.81. The molecule has 0 bridgehead atoms. The maximum atomic E-state index is 12.3. The van der Waals surface area contributed by atoms with Crippen molar-refractivity contribution in [1.82, 2.24) is 0 Å². The fourth-order valence-electron chi connectivity index (χ4n) is 2.81. The Bertz CT molecular complexity index is 919. The van der Waals surface area contributed by atoms with Crippen LogP contribution in [0.25, 0.3) is 0 Å². The molecule has 140 valence electrons. The molecule has 1 amide bonds. The van der Waals surface area contributed by atoms with Crippen molar-refractivity contribution in [2.75, 3.05) is 18.5 Å². The zero-order valence-electron chi connectivity index (χ0n) is 15.5. The Morgan fingerprint density at radius 3 is 2.56 bits per heavy atom. The first-order valence-electron chi connectivity index (χ1n) is 8.69. The van der Waals surface area contributed by atoms with Crippen molar-refractivity contribution in [3.05, 3.63) is 58.7 Å². The number of Topliss-reactive ketones (excluding diaryl/α,β-unsaturated/α-hetero) is 1. The van der Waals surface area contributed by atoms with E-state index in [0.29, 0.717) is 17.0 Å². The molecule has 1 aliphatic heterocycles. The van der Waals surface area contributed by atoms with Crippen molar-refractivity contribution in [3.63, 3.8) is 0 Å². The summed E-state index contributed by atoms with van der Waals surface area (Å²) >= 11 is 0. The molecule has 6 heteroatoms. The maximum absolute atomic E-state index is 12.3. The highest BCUT2D eigenvalue weighted by Gasteiger charge is 2.27. The highest BCUT2D eigenvalue weighted by atomic mass is 16.6. The van der Waals surface area contributed by atoms with Gasteiger partial charge in [0.2, 0.25) is 5.91 Å². The molecule has 2 aromatic carbocycles. The van der Waals surface area contributed by atoms with Gasteiger partial charge in [-0.1, -0.05) is 6.07 Å². The summed E-state index contributed by atoms with van der Waals surface area (Å²) in [6.07, 6.45) is 0. The molecule has 0 aromatic heterocycles. The molecule has 3 rings (SSSR count). The van der Waals surface area contributed by atoms with Crippen LogP contribution in [0.1, 0.15) is 39.9 Å². The highest BCUT2D eigenvalue weighted by molar-refractivity contribution is 6.05. The predicted molar refractivity (Wildman–Crippen MR) is 100 cm³/mol. The van der Waals surface area contributed by atoms with E-state index >= 15 is 0 Å². The number of hydrogen-bond acceptors (Lipinski definition) is 5. The van der Waals surface area contributed by atoms with E-state index in [0.717, 1.165) is 16.7 Å². The molecule has 0 aliphatic carbocycles. The standard InChI is InChI=1S/C21H21NO5/c1-12-4-6-16(8-13(12)2)26-11-20(24)27-10-19(23)15-5-7-18-17(9-15)14(3)21(25)22-18/h4-9,14H,10-11H2,1-3H3,(H,22,25)/t14-/m1/s1. The fraction of sp³-hybridized carbons (Fsp3) is 0.286. The van der Waals surface area contributed by atoms with Crippen LogP contribution in [0.5, 0.6) is 5.75 Å². The van der Waals surface area contributed by atoms with E-state index in [4.69, 9.17) is 9.47 Å². The average molecular weight is 367 g/mol. The van der Waals surface area contributed by atoms with Gasteiger partial charge in [-0.15, -0.1) is 0 Å². The average Bonchev–Trinajstić information content (AvgIpc) is 2.94. The molecular formula is C21H21NO5. The Morgan fingerprint density at radius 1 is 1.04 bits per heavy atom. The Balaban J connectivity index is 1.52. The number of hydrogen-bond donors (Lipinski definition) is 1. The van der Waals surface area contributed by atoms with Crippen molar-refractivity contribution in [1.29, 1.82) is 0 Å². The summed E-state index contributed by atoms with van der Waals surface area (Å²) in [5.74, 6) is -0.769. The lowest BCUT2D eigenvalue weighted by Crippen LogP contribution is -2.19. The van der Waals surface area contributed by atoms with Crippen LogP contribution < -0.4 is 10.1 Å². The van der Waals surface area contributed by atoms with Crippen LogP contribution in [0.4, 0.5) is 5.69 Å². The minimum atomic E-state index is -0.618. The van der Waals surface area contributed by atoms with Crippen molar-refractivity contribution in [3.8, 4) is 5.75 Å². The SMILES string of the molecule is Cc1ccc(OCC(=O)OCC(=O)c2ccc3c(c2)[C@@H](C)C(=O)N3)cc1C. The second-order valence-corrected chi connectivity index (χ2v) is 6.63. The number of fused-ring (bicyclic) bond motifs is 1. The van der Waals surface area contributed by atoms with Gasteiger partial charge in [-0.3, -0.25) is 9.59 Å². The van der Waals surface area contributed by atoms with Crippen molar-refractivity contribution >= 4 is 23.3 Å². The summed E-state index contributed by atoms with van der Waals surface area (Å²) < 4.78 is 10.4. The summed E-state index contributed by atoms with van der Waals surface area (Å²) in [6.45, 7) is 5.09. The van der Waals surface area contributed by atoms with Crippen molar-refractivity contribution in [2.24, 2.45) is 0 Å². The lowest BCUT2D eigenvalue weighted by Gasteiger charge is -2.09. The first-order chi connectivity index (χ1) is 12.8. The van der Waals surface area contributed by atoms with Crippen LogP contribution in [-0.2, 0) is 14.3 Å². The van der Waals surface area contributed by atoms with Crippen LogP contribution in [0, 0.1) is 13.8 Å². The number of benzene rings is 2. The summed E-state index contributed by atoms with van der Waals surface area (Å²) in [5, 5.41) is 2.75. The van der Waals surface area contributed by atoms with Gasteiger partial charge < -0.3 is 14.8 Å². The number of aryl methyl sites for hydroxylation is 2. The number of anilines is 1. The van der Waals surface area contributed by atoms with Crippen LogP contribution in [0.3, 0.4) is 0 Å². The predicted octanol–water partition coefficient (Wildman–Crippen LogP) is 3.16. The smallest absolute Gasteiger partial charge is 0.344 e. The second kappa shape index (κ2) is 7.61. The zero-order valence-corrected chi connectivity index (χ0v) is 15.5. The molecule has 0 spiro atoms. The van der Waals surface area contributed by atoms with E-state index in [1.165, 1.54) is 0 Å². The van der Waals surface area contributed by atoms with Gasteiger partial charge in [0.05, 0.1) is 5.92 Å². The van der Waals surface area contributed by atoms with Gasteiger partial charge in [0.15, 0.2) is 19.0 Å². The van der Waals surface area contributed by atoms with Gasteiger partial charge in [0, 0.05) is 11.3 Å². The van der Waals surface area contributed by atoms with Crippen LogP contribution >= 0.6 is 0 Å². The van der Waals surface area contributed by atoms with Gasteiger partial charge in [-0.2, -0.15) is 0 Å². The van der Waals surface area contributed by atoms with E-state index in [1.807, 2.05) is 26.0 Å². The van der Waals surface area contributed by atoms with Crippen LogP contribution in [0.15, 0.2) is 36.4 Å². The summed E-state index contributed by atoms with van der Waals surface area (Å²) in [5.41, 5.74) is 4.09.